The van der Waals surface area contributed by atoms with Crippen LogP contribution >= 0.6 is 27.5 Å². The van der Waals surface area contributed by atoms with Crippen LogP contribution in [0.2, 0.25) is 5.28 Å². The van der Waals surface area contributed by atoms with Gasteiger partial charge in [0.1, 0.15) is 5.82 Å². The standard InChI is InChI=1S/C11H8BrClN4O/c12-7-3-6(4-8(14)5-7)10(18)16-9-1-2-15-11(13)17-9/h1-5H,14H2,(H,15,16,17,18). The number of anilines is 2. The first-order valence-electron chi connectivity index (χ1n) is 4.90. The summed E-state index contributed by atoms with van der Waals surface area (Å²) in [5, 5.41) is 2.67. The lowest BCUT2D eigenvalue weighted by atomic mass is 10.2. The van der Waals surface area contributed by atoms with Gasteiger partial charge >= 0.3 is 0 Å². The van der Waals surface area contributed by atoms with Gasteiger partial charge < -0.3 is 11.1 Å². The molecule has 0 aliphatic carbocycles. The topological polar surface area (TPSA) is 80.9 Å². The van der Waals surface area contributed by atoms with Crippen molar-refractivity contribution in [1.82, 2.24) is 9.97 Å². The molecule has 0 aliphatic rings. The van der Waals surface area contributed by atoms with E-state index in [1.807, 2.05) is 0 Å². The van der Waals surface area contributed by atoms with Crippen molar-refractivity contribution >= 4 is 44.9 Å². The lowest BCUT2D eigenvalue weighted by Gasteiger charge is -2.05. The van der Waals surface area contributed by atoms with Crippen molar-refractivity contribution in [2.24, 2.45) is 0 Å². The molecule has 0 spiro atoms. The summed E-state index contributed by atoms with van der Waals surface area (Å²) in [6, 6.07) is 6.49. The van der Waals surface area contributed by atoms with Crippen LogP contribution in [0.4, 0.5) is 11.5 Å². The number of nitrogens with two attached hydrogens (primary N) is 1. The lowest BCUT2D eigenvalue weighted by molar-refractivity contribution is 0.102. The minimum Gasteiger partial charge on any atom is -0.399 e. The number of rotatable bonds is 2. The average Bonchev–Trinajstić information content (AvgIpc) is 2.27. The van der Waals surface area contributed by atoms with Crippen LogP contribution in [0.1, 0.15) is 10.4 Å². The minimum atomic E-state index is -0.322. The van der Waals surface area contributed by atoms with Crippen LogP contribution in [-0.2, 0) is 0 Å². The Morgan fingerprint density at radius 1 is 1.39 bits per heavy atom. The second kappa shape index (κ2) is 5.32. The molecule has 0 unspecified atom stereocenters. The van der Waals surface area contributed by atoms with Crippen molar-refractivity contribution in [3.63, 3.8) is 0 Å². The number of halogens is 2. The number of nitrogen functional groups attached to an aromatic ring is 1. The van der Waals surface area contributed by atoms with Crippen molar-refractivity contribution in [3.8, 4) is 0 Å². The molecule has 0 atom stereocenters. The molecule has 92 valence electrons. The van der Waals surface area contributed by atoms with Crippen molar-refractivity contribution in [2.75, 3.05) is 11.1 Å². The number of carbonyl (C=O) groups is 1. The van der Waals surface area contributed by atoms with Crippen molar-refractivity contribution in [3.05, 3.63) is 45.8 Å². The van der Waals surface area contributed by atoms with Gasteiger partial charge in [0.05, 0.1) is 0 Å². The number of hydrogen-bond donors (Lipinski definition) is 2. The Hall–Kier alpha value is -1.66. The molecule has 3 N–H and O–H groups in total. The fourth-order valence-electron chi connectivity index (χ4n) is 1.34. The smallest absolute Gasteiger partial charge is 0.256 e. The van der Waals surface area contributed by atoms with Crippen molar-refractivity contribution < 1.29 is 4.79 Å². The van der Waals surface area contributed by atoms with Crippen LogP contribution in [0.5, 0.6) is 0 Å². The minimum absolute atomic E-state index is 0.0709. The van der Waals surface area contributed by atoms with E-state index in [1.165, 1.54) is 6.20 Å². The monoisotopic (exact) mass is 326 g/mol. The Balaban J connectivity index is 2.22. The molecule has 7 heteroatoms. The third kappa shape index (κ3) is 3.18. The van der Waals surface area contributed by atoms with Gasteiger partial charge in [-0.2, -0.15) is 0 Å². The van der Waals surface area contributed by atoms with Gasteiger partial charge in [-0.15, -0.1) is 0 Å². The largest absolute Gasteiger partial charge is 0.399 e. The SMILES string of the molecule is Nc1cc(Br)cc(C(=O)Nc2ccnc(Cl)n2)c1. The molecule has 0 bridgehead atoms. The highest BCUT2D eigenvalue weighted by atomic mass is 79.9. The number of hydrogen-bond acceptors (Lipinski definition) is 4. The maximum absolute atomic E-state index is 11.9. The molecule has 0 radical (unpaired) electrons. The van der Waals surface area contributed by atoms with Crippen molar-refractivity contribution in [2.45, 2.75) is 0 Å². The zero-order chi connectivity index (χ0) is 13.1. The lowest BCUT2D eigenvalue weighted by Crippen LogP contribution is -2.13. The molecule has 5 nitrogen and oxygen atoms in total. The van der Waals surface area contributed by atoms with E-state index in [0.717, 1.165) is 4.47 Å². The highest BCUT2D eigenvalue weighted by Crippen LogP contribution is 2.18. The summed E-state index contributed by atoms with van der Waals surface area (Å²) in [7, 11) is 0. The zero-order valence-electron chi connectivity index (χ0n) is 9.02. The summed E-state index contributed by atoms with van der Waals surface area (Å²) in [5.74, 6) is 0.0105. The average molecular weight is 328 g/mol. The first-order valence-corrected chi connectivity index (χ1v) is 6.07. The highest BCUT2D eigenvalue weighted by Gasteiger charge is 2.08. The summed E-state index contributed by atoms with van der Waals surface area (Å²) < 4.78 is 0.730. The Labute approximate surface area is 117 Å². The van der Waals surface area contributed by atoms with E-state index >= 15 is 0 Å². The molecular formula is C11H8BrClN4O. The zero-order valence-corrected chi connectivity index (χ0v) is 11.4. The first kappa shape index (κ1) is 12.8. The maximum atomic E-state index is 11.9. The van der Waals surface area contributed by atoms with Crippen LogP contribution in [-0.4, -0.2) is 15.9 Å². The summed E-state index contributed by atoms with van der Waals surface area (Å²) in [5.41, 5.74) is 6.58. The van der Waals surface area contributed by atoms with E-state index in [-0.39, 0.29) is 11.2 Å². The summed E-state index contributed by atoms with van der Waals surface area (Å²) in [6.45, 7) is 0. The molecule has 2 aromatic rings. The number of benzene rings is 1. The molecule has 1 aromatic heterocycles. The van der Waals surface area contributed by atoms with Gasteiger partial charge in [0, 0.05) is 21.9 Å². The third-order valence-corrected chi connectivity index (χ3v) is 2.69. The number of amides is 1. The van der Waals surface area contributed by atoms with E-state index in [0.29, 0.717) is 17.1 Å². The maximum Gasteiger partial charge on any atom is 0.256 e. The second-order valence-corrected chi connectivity index (χ2v) is 4.69. The summed E-state index contributed by atoms with van der Waals surface area (Å²) >= 11 is 8.90. The second-order valence-electron chi connectivity index (χ2n) is 3.44. The number of nitrogens with one attached hydrogen (secondary N) is 1. The van der Waals surface area contributed by atoms with Gasteiger partial charge in [0.25, 0.3) is 5.91 Å². The van der Waals surface area contributed by atoms with Crippen LogP contribution in [0.25, 0.3) is 0 Å². The van der Waals surface area contributed by atoms with Gasteiger partial charge in [-0.1, -0.05) is 15.9 Å². The van der Waals surface area contributed by atoms with Crippen molar-refractivity contribution in [1.29, 1.82) is 0 Å². The number of carbonyl (C=O) groups excluding carboxylic acids is 1. The van der Waals surface area contributed by atoms with Crippen LogP contribution < -0.4 is 11.1 Å². The summed E-state index contributed by atoms with van der Waals surface area (Å²) in [4.78, 5) is 19.5. The molecule has 1 amide bonds. The van der Waals surface area contributed by atoms with Gasteiger partial charge in [0.15, 0.2) is 0 Å². The molecule has 0 fully saturated rings. The Morgan fingerprint density at radius 2 is 2.17 bits per heavy atom. The van der Waals surface area contributed by atoms with Crippen LogP contribution in [0, 0.1) is 0 Å². The molecular weight excluding hydrogens is 320 g/mol. The third-order valence-electron chi connectivity index (χ3n) is 2.05. The van der Waals surface area contributed by atoms with E-state index in [4.69, 9.17) is 17.3 Å². The molecule has 0 saturated heterocycles. The van der Waals surface area contributed by atoms with Crippen LogP contribution in [0.15, 0.2) is 34.9 Å². The van der Waals surface area contributed by atoms with Gasteiger partial charge in [-0.05, 0) is 35.9 Å². The molecule has 1 heterocycles. The molecule has 1 aromatic carbocycles. The molecule has 0 saturated carbocycles. The number of aromatic nitrogens is 2. The number of nitrogens with zero attached hydrogens (tertiary/aromatic N) is 2. The Bertz CT molecular complexity index is 585. The summed E-state index contributed by atoms with van der Waals surface area (Å²) in [6.07, 6.45) is 1.46. The van der Waals surface area contributed by atoms with E-state index in [1.54, 1.807) is 24.3 Å². The van der Waals surface area contributed by atoms with E-state index in [2.05, 4.69) is 31.2 Å². The van der Waals surface area contributed by atoms with E-state index in [9.17, 15) is 4.79 Å². The van der Waals surface area contributed by atoms with Gasteiger partial charge in [0.2, 0.25) is 5.28 Å². The first-order chi connectivity index (χ1) is 8.54. The fourth-order valence-corrected chi connectivity index (χ4v) is 1.99. The highest BCUT2D eigenvalue weighted by molar-refractivity contribution is 9.10. The molecule has 2 rings (SSSR count). The van der Waals surface area contributed by atoms with Gasteiger partial charge in [-0.3, -0.25) is 4.79 Å². The quantitative estimate of drug-likeness (QED) is 0.656. The predicted octanol–water partition coefficient (Wildman–Crippen LogP) is 2.73. The predicted molar refractivity (Wildman–Crippen MR) is 73.5 cm³/mol. The van der Waals surface area contributed by atoms with E-state index < -0.39 is 0 Å². The molecule has 18 heavy (non-hydrogen) atoms. The van der Waals surface area contributed by atoms with Crippen LogP contribution in [0.3, 0.4) is 0 Å². The fraction of sp³-hybridized carbons (Fsp3) is 0. The molecule has 0 aliphatic heterocycles. The van der Waals surface area contributed by atoms with Gasteiger partial charge in [-0.25, -0.2) is 9.97 Å². The normalized spacial score (nSPS) is 10.1. The Morgan fingerprint density at radius 3 is 2.83 bits per heavy atom. The Kier molecular flexibility index (Phi) is 3.78.